The van der Waals surface area contributed by atoms with Crippen LogP contribution in [0.4, 0.5) is 0 Å². The first-order valence-electron chi connectivity index (χ1n) is 7.40. The zero-order chi connectivity index (χ0) is 14.4. The summed E-state index contributed by atoms with van der Waals surface area (Å²) in [6.07, 6.45) is 2.11. The number of amides is 1. The van der Waals surface area contributed by atoms with E-state index in [4.69, 9.17) is 0 Å². The predicted octanol–water partition coefficient (Wildman–Crippen LogP) is 3.11. The molecule has 0 aromatic heterocycles. The summed E-state index contributed by atoms with van der Waals surface area (Å²) in [4.78, 5) is 15.7. The Labute approximate surface area is 138 Å². The van der Waals surface area contributed by atoms with E-state index in [-0.39, 0.29) is 18.3 Å². The van der Waals surface area contributed by atoms with E-state index in [0.29, 0.717) is 11.8 Å². The van der Waals surface area contributed by atoms with Crippen LogP contribution >= 0.6 is 24.2 Å². The van der Waals surface area contributed by atoms with Gasteiger partial charge in [-0.05, 0) is 38.4 Å². The molecule has 1 heterocycles. The Bertz CT molecular complexity index is 432. The number of carbonyl (C=O) groups is 1. The van der Waals surface area contributed by atoms with Crippen LogP contribution in [-0.4, -0.2) is 42.2 Å². The highest BCUT2D eigenvalue weighted by molar-refractivity contribution is 8.00. The van der Waals surface area contributed by atoms with Crippen LogP contribution in [0.15, 0.2) is 29.2 Å². The Kier molecular flexibility index (Phi) is 8.15. The predicted molar refractivity (Wildman–Crippen MR) is 92.4 cm³/mol. The van der Waals surface area contributed by atoms with Crippen molar-refractivity contribution in [1.82, 2.24) is 10.2 Å². The lowest BCUT2D eigenvalue weighted by atomic mass is 10.2. The van der Waals surface area contributed by atoms with Crippen LogP contribution in [0.1, 0.15) is 25.3 Å². The minimum absolute atomic E-state index is 0. The van der Waals surface area contributed by atoms with Gasteiger partial charge in [0.15, 0.2) is 0 Å². The smallest absolute Gasteiger partial charge is 0.233 e. The molecule has 1 aromatic carbocycles. The molecule has 0 saturated carbocycles. The number of carbonyl (C=O) groups excluding carboxylic acids is 1. The highest BCUT2D eigenvalue weighted by Crippen LogP contribution is 2.20. The quantitative estimate of drug-likeness (QED) is 0.814. The first-order valence-corrected chi connectivity index (χ1v) is 8.39. The van der Waals surface area contributed by atoms with Crippen molar-refractivity contribution in [2.24, 2.45) is 0 Å². The molecule has 0 radical (unpaired) electrons. The highest BCUT2D eigenvalue weighted by atomic mass is 35.5. The number of nitrogens with zero attached hydrogens (tertiary/aromatic N) is 1. The second kappa shape index (κ2) is 9.34. The Morgan fingerprint density at radius 3 is 2.67 bits per heavy atom. The molecule has 1 atom stereocenters. The summed E-state index contributed by atoms with van der Waals surface area (Å²) in [7, 11) is 0. The molecule has 1 saturated heterocycles. The van der Waals surface area contributed by atoms with Gasteiger partial charge in [0, 0.05) is 24.0 Å². The van der Waals surface area contributed by atoms with Crippen LogP contribution < -0.4 is 5.32 Å². The molecule has 3 nitrogen and oxygen atoms in total. The molecule has 1 aliphatic heterocycles. The van der Waals surface area contributed by atoms with Gasteiger partial charge in [0.25, 0.3) is 0 Å². The topological polar surface area (TPSA) is 32.3 Å². The summed E-state index contributed by atoms with van der Waals surface area (Å²) >= 11 is 1.64. The first kappa shape index (κ1) is 18.3. The number of benzene rings is 1. The summed E-state index contributed by atoms with van der Waals surface area (Å²) < 4.78 is 0. The summed E-state index contributed by atoms with van der Waals surface area (Å²) in [5.41, 5.74) is 1.25. The van der Waals surface area contributed by atoms with E-state index >= 15 is 0 Å². The van der Waals surface area contributed by atoms with E-state index in [1.54, 1.807) is 11.8 Å². The number of halogens is 1. The minimum atomic E-state index is 0. The van der Waals surface area contributed by atoms with Gasteiger partial charge in [0.1, 0.15) is 0 Å². The Morgan fingerprint density at radius 1 is 1.38 bits per heavy atom. The minimum Gasteiger partial charge on any atom is -0.338 e. The largest absolute Gasteiger partial charge is 0.338 e. The summed E-state index contributed by atoms with van der Waals surface area (Å²) in [6.45, 7) is 7.06. The van der Waals surface area contributed by atoms with Crippen molar-refractivity contribution in [3.8, 4) is 0 Å². The number of hydrogen-bond donors (Lipinski definition) is 1. The van der Waals surface area contributed by atoms with E-state index < -0.39 is 0 Å². The molecule has 5 heteroatoms. The molecule has 0 bridgehead atoms. The number of thioether (sulfide) groups is 1. The van der Waals surface area contributed by atoms with Crippen molar-refractivity contribution in [3.05, 3.63) is 29.8 Å². The summed E-state index contributed by atoms with van der Waals surface area (Å²) in [6, 6.07) is 8.76. The van der Waals surface area contributed by atoms with Crippen molar-refractivity contribution in [3.63, 3.8) is 0 Å². The second-order valence-corrected chi connectivity index (χ2v) is 6.38. The second-order valence-electron chi connectivity index (χ2n) is 5.34. The van der Waals surface area contributed by atoms with E-state index in [9.17, 15) is 4.79 Å². The lowest BCUT2D eigenvalue weighted by Crippen LogP contribution is -2.43. The molecular weight excluding hydrogens is 304 g/mol. The van der Waals surface area contributed by atoms with Crippen LogP contribution in [-0.2, 0) is 4.79 Å². The zero-order valence-electron chi connectivity index (χ0n) is 12.8. The van der Waals surface area contributed by atoms with Crippen molar-refractivity contribution >= 4 is 30.1 Å². The molecule has 1 fully saturated rings. The maximum absolute atomic E-state index is 12.4. The number of aryl methyl sites for hydroxylation is 1. The lowest BCUT2D eigenvalue weighted by molar-refractivity contribution is -0.130. The molecule has 1 unspecified atom stereocenters. The van der Waals surface area contributed by atoms with Crippen molar-refractivity contribution < 1.29 is 4.79 Å². The van der Waals surface area contributed by atoms with E-state index in [1.807, 2.05) is 0 Å². The molecule has 118 valence electrons. The van der Waals surface area contributed by atoms with Gasteiger partial charge in [-0.3, -0.25) is 4.79 Å². The molecular formula is C16H25ClN2OS. The molecule has 1 aromatic rings. The normalized spacial score (nSPS) is 17.3. The van der Waals surface area contributed by atoms with Gasteiger partial charge in [-0.2, -0.15) is 0 Å². The number of hydrogen-bond acceptors (Lipinski definition) is 3. The number of rotatable bonds is 6. The van der Waals surface area contributed by atoms with E-state index in [2.05, 4.69) is 48.3 Å². The van der Waals surface area contributed by atoms with E-state index in [1.165, 1.54) is 10.5 Å². The molecule has 1 aliphatic rings. The fraction of sp³-hybridized carbons (Fsp3) is 0.562. The molecule has 0 aliphatic carbocycles. The van der Waals surface area contributed by atoms with Crippen LogP contribution in [0.3, 0.4) is 0 Å². The van der Waals surface area contributed by atoms with Gasteiger partial charge in [-0.15, -0.1) is 24.2 Å². The molecule has 1 N–H and O–H groups in total. The highest BCUT2D eigenvalue weighted by Gasteiger charge is 2.25. The summed E-state index contributed by atoms with van der Waals surface area (Å²) in [5, 5.41) is 3.35. The third-order valence-corrected chi connectivity index (χ3v) is 4.64. The third-order valence-electron chi connectivity index (χ3n) is 3.64. The van der Waals surface area contributed by atoms with Crippen LogP contribution in [0.25, 0.3) is 0 Å². The van der Waals surface area contributed by atoms with Crippen molar-refractivity contribution in [2.75, 3.05) is 25.4 Å². The monoisotopic (exact) mass is 328 g/mol. The zero-order valence-corrected chi connectivity index (χ0v) is 14.4. The van der Waals surface area contributed by atoms with Gasteiger partial charge in [0.2, 0.25) is 5.91 Å². The van der Waals surface area contributed by atoms with Crippen LogP contribution in [0.2, 0.25) is 0 Å². The van der Waals surface area contributed by atoms with Gasteiger partial charge >= 0.3 is 0 Å². The standard InChI is InChI=1S/C16H24N2OS.ClH/c1-3-10-18(14-8-9-17-11-14)16(19)12-20-15-6-4-13(2)5-7-15;/h4-7,14,17H,3,8-12H2,1-2H3;1H. The van der Waals surface area contributed by atoms with Crippen LogP contribution in [0.5, 0.6) is 0 Å². The molecule has 2 rings (SSSR count). The first-order chi connectivity index (χ1) is 9.70. The van der Waals surface area contributed by atoms with Gasteiger partial charge in [-0.25, -0.2) is 0 Å². The Morgan fingerprint density at radius 2 is 2.10 bits per heavy atom. The Balaban J connectivity index is 0.00000220. The Hall–Kier alpha value is -0.710. The third kappa shape index (κ3) is 5.53. The van der Waals surface area contributed by atoms with Crippen LogP contribution in [0, 0.1) is 6.92 Å². The van der Waals surface area contributed by atoms with Gasteiger partial charge < -0.3 is 10.2 Å². The average molecular weight is 329 g/mol. The van der Waals surface area contributed by atoms with Crippen molar-refractivity contribution in [1.29, 1.82) is 0 Å². The molecule has 1 amide bonds. The average Bonchev–Trinajstić information content (AvgIpc) is 2.97. The lowest BCUT2D eigenvalue weighted by Gasteiger charge is -2.28. The van der Waals surface area contributed by atoms with E-state index in [0.717, 1.165) is 32.5 Å². The fourth-order valence-electron chi connectivity index (χ4n) is 2.52. The van der Waals surface area contributed by atoms with Crippen molar-refractivity contribution in [2.45, 2.75) is 37.6 Å². The maximum atomic E-state index is 12.4. The fourth-order valence-corrected chi connectivity index (χ4v) is 3.30. The van der Waals surface area contributed by atoms with Gasteiger partial charge in [0.05, 0.1) is 5.75 Å². The summed E-state index contributed by atoms with van der Waals surface area (Å²) in [5.74, 6) is 0.811. The van der Waals surface area contributed by atoms with Gasteiger partial charge in [-0.1, -0.05) is 24.6 Å². The molecule has 0 spiro atoms. The number of nitrogens with one attached hydrogen (secondary N) is 1. The maximum Gasteiger partial charge on any atom is 0.233 e. The molecule has 21 heavy (non-hydrogen) atoms. The SMILES string of the molecule is CCCN(C(=O)CSc1ccc(C)cc1)C1CCNC1.Cl.